The van der Waals surface area contributed by atoms with Gasteiger partial charge in [0.25, 0.3) is 0 Å². The molecule has 1 aliphatic heterocycles. The minimum absolute atomic E-state index is 0.474. The van der Waals surface area contributed by atoms with Gasteiger partial charge in [-0.1, -0.05) is 0 Å². The lowest BCUT2D eigenvalue weighted by atomic mass is 9.96. The first-order valence-electron chi connectivity index (χ1n) is 5.63. The summed E-state index contributed by atoms with van der Waals surface area (Å²) in [5.74, 6) is 3.35. The van der Waals surface area contributed by atoms with Crippen molar-refractivity contribution in [3.8, 4) is 0 Å². The molecule has 1 N–H and O–H groups in total. The summed E-state index contributed by atoms with van der Waals surface area (Å²) in [7, 11) is 2.06. The second-order valence-corrected chi connectivity index (χ2v) is 5.11. The van der Waals surface area contributed by atoms with Gasteiger partial charge in [-0.25, -0.2) is 0 Å². The number of hydrogen-bond donors (Lipinski definition) is 1. The predicted octanol–water partition coefficient (Wildman–Crippen LogP) is 1.92. The molecule has 0 spiro atoms. The van der Waals surface area contributed by atoms with Gasteiger partial charge in [0.05, 0.1) is 11.7 Å². The molecule has 0 aromatic carbocycles. The Hall–Kier alpha value is -0.480. The Labute approximate surface area is 95.6 Å². The quantitative estimate of drug-likeness (QED) is 0.849. The predicted molar refractivity (Wildman–Crippen MR) is 65.1 cm³/mol. The van der Waals surface area contributed by atoms with Gasteiger partial charge in [-0.15, -0.1) is 0 Å². The Morgan fingerprint density at radius 3 is 3.20 bits per heavy atom. The van der Waals surface area contributed by atoms with E-state index in [0.29, 0.717) is 6.04 Å². The largest absolute Gasteiger partial charge is 0.311 e. The summed E-state index contributed by atoms with van der Waals surface area (Å²) in [6.45, 7) is 3.10. The highest BCUT2D eigenvalue weighted by Crippen LogP contribution is 2.33. The van der Waals surface area contributed by atoms with E-state index in [1.807, 2.05) is 6.20 Å². The molecule has 4 heteroatoms. The SMILES string of the molecule is CCn1nccc1C(NC)C1CCSC1. The first kappa shape index (κ1) is 11.0. The van der Waals surface area contributed by atoms with Crippen molar-refractivity contribution in [3.63, 3.8) is 0 Å². The molecule has 1 aliphatic rings. The molecule has 0 amide bonds. The van der Waals surface area contributed by atoms with Gasteiger partial charge in [0.15, 0.2) is 0 Å². The van der Waals surface area contributed by atoms with E-state index in [4.69, 9.17) is 0 Å². The monoisotopic (exact) mass is 225 g/mol. The van der Waals surface area contributed by atoms with Crippen LogP contribution in [0.2, 0.25) is 0 Å². The Morgan fingerprint density at radius 1 is 1.73 bits per heavy atom. The number of nitrogens with zero attached hydrogens (tertiary/aromatic N) is 2. The van der Waals surface area contributed by atoms with Gasteiger partial charge in [0.2, 0.25) is 0 Å². The molecule has 3 nitrogen and oxygen atoms in total. The van der Waals surface area contributed by atoms with Gasteiger partial charge in [0, 0.05) is 12.7 Å². The average molecular weight is 225 g/mol. The maximum Gasteiger partial charge on any atom is 0.0556 e. The summed E-state index contributed by atoms with van der Waals surface area (Å²) >= 11 is 2.07. The van der Waals surface area contributed by atoms with E-state index in [9.17, 15) is 0 Å². The van der Waals surface area contributed by atoms with Crippen LogP contribution in [0.3, 0.4) is 0 Å². The van der Waals surface area contributed by atoms with E-state index in [2.05, 4.69) is 46.9 Å². The molecular formula is C11H19N3S. The van der Waals surface area contributed by atoms with Crippen molar-refractivity contribution in [1.29, 1.82) is 0 Å². The molecule has 2 unspecified atom stereocenters. The lowest BCUT2D eigenvalue weighted by Crippen LogP contribution is -2.27. The normalized spacial score (nSPS) is 23.2. The molecule has 1 saturated heterocycles. The van der Waals surface area contributed by atoms with E-state index in [0.717, 1.165) is 12.5 Å². The van der Waals surface area contributed by atoms with Crippen molar-refractivity contribution in [3.05, 3.63) is 18.0 Å². The van der Waals surface area contributed by atoms with Gasteiger partial charge in [-0.2, -0.15) is 16.9 Å². The molecular weight excluding hydrogens is 206 g/mol. The Morgan fingerprint density at radius 2 is 2.60 bits per heavy atom. The van der Waals surface area contributed by atoms with E-state index in [1.54, 1.807) is 0 Å². The number of hydrogen-bond acceptors (Lipinski definition) is 3. The molecule has 2 rings (SSSR count). The fraction of sp³-hybridized carbons (Fsp3) is 0.727. The van der Waals surface area contributed by atoms with E-state index in [1.165, 1.54) is 23.6 Å². The van der Waals surface area contributed by atoms with Crippen LogP contribution >= 0.6 is 11.8 Å². The highest BCUT2D eigenvalue weighted by atomic mass is 32.2. The van der Waals surface area contributed by atoms with Crippen molar-refractivity contribution < 1.29 is 0 Å². The third kappa shape index (κ3) is 2.21. The van der Waals surface area contributed by atoms with Crippen LogP contribution in [-0.2, 0) is 6.54 Å². The summed E-state index contributed by atoms with van der Waals surface area (Å²) in [5.41, 5.74) is 1.34. The smallest absolute Gasteiger partial charge is 0.0556 e. The molecule has 0 aliphatic carbocycles. The molecule has 15 heavy (non-hydrogen) atoms. The van der Waals surface area contributed by atoms with Crippen LogP contribution in [0, 0.1) is 5.92 Å². The van der Waals surface area contributed by atoms with Gasteiger partial charge in [0.1, 0.15) is 0 Å². The maximum atomic E-state index is 4.34. The molecule has 0 radical (unpaired) electrons. The third-order valence-electron chi connectivity index (χ3n) is 3.11. The second-order valence-electron chi connectivity index (χ2n) is 3.96. The Kier molecular flexibility index (Phi) is 3.70. The first-order valence-corrected chi connectivity index (χ1v) is 6.79. The number of thioether (sulfide) groups is 1. The molecule has 2 atom stereocenters. The van der Waals surface area contributed by atoms with Crippen LogP contribution in [0.4, 0.5) is 0 Å². The fourth-order valence-electron chi connectivity index (χ4n) is 2.31. The lowest BCUT2D eigenvalue weighted by Gasteiger charge is -2.23. The summed E-state index contributed by atoms with van der Waals surface area (Å²) < 4.78 is 2.10. The number of nitrogens with one attached hydrogen (secondary N) is 1. The Balaban J connectivity index is 2.17. The minimum atomic E-state index is 0.474. The second kappa shape index (κ2) is 5.03. The van der Waals surface area contributed by atoms with Crippen molar-refractivity contribution >= 4 is 11.8 Å². The third-order valence-corrected chi connectivity index (χ3v) is 4.30. The average Bonchev–Trinajstić information content (AvgIpc) is 2.89. The summed E-state index contributed by atoms with van der Waals surface area (Å²) in [4.78, 5) is 0. The van der Waals surface area contributed by atoms with Crippen LogP contribution in [0.5, 0.6) is 0 Å². The molecule has 84 valence electrons. The van der Waals surface area contributed by atoms with Crippen LogP contribution < -0.4 is 5.32 Å². The van der Waals surface area contributed by atoms with Crippen LogP contribution in [0.1, 0.15) is 25.1 Å². The first-order chi connectivity index (χ1) is 7.36. The van der Waals surface area contributed by atoms with Crippen molar-refractivity contribution in [2.24, 2.45) is 5.92 Å². The molecule has 2 heterocycles. The van der Waals surface area contributed by atoms with Gasteiger partial charge < -0.3 is 5.32 Å². The van der Waals surface area contributed by atoms with Gasteiger partial charge in [-0.05, 0) is 43.9 Å². The van der Waals surface area contributed by atoms with Crippen molar-refractivity contribution in [2.75, 3.05) is 18.6 Å². The molecule has 1 aromatic rings. The zero-order valence-electron chi connectivity index (χ0n) is 9.44. The van der Waals surface area contributed by atoms with Crippen LogP contribution in [0.25, 0.3) is 0 Å². The standard InChI is InChI=1S/C11H19N3S/c1-3-14-10(4-6-13-14)11(12-2)9-5-7-15-8-9/h4,6,9,11-12H,3,5,7-8H2,1-2H3. The van der Waals surface area contributed by atoms with E-state index in [-0.39, 0.29) is 0 Å². The van der Waals surface area contributed by atoms with Crippen LogP contribution in [-0.4, -0.2) is 28.3 Å². The van der Waals surface area contributed by atoms with Gasteiger partial charge >= 0.3 is 0 Å². The summed E-state index contributed by atoms with van der Waals surface area (Å²) in [5, 5.41) is 7.79. The van der Waals surface area contributed by atoms with Crippen LogP contribution in [0.15, 0.2) is 12.3 Å². The molecule has 1 fully saturated rings. The number of rotatable bonds is 4. The summed E-state index contributed by atoms with van der Waals surface area (Å²) in [6.07, 6.45) is 3.23. The van der Waals surface area contributed by atoms with Crippen molar-refractivity contribution in [1.82, 2.24) is 15.1 Å². The molecule has 1 aromatic heterocycles. The Bertz CT molecular complexity index is 305. The minimum Gasteiger partial charge on any atom is -0.311 e. The number of aromatic nitrogens is 2. The highest BCUT2D eigenvalue weighted by Gasteiger charge is 2.27. The zero-order chi connectivity index (χ0) is 10.7. The topological polar surface area (TPSA) is 29.9 Å². The fourth-order valence-corrected chi connectivity index (χ4v) is 3.61. The lowest BCUT2D eigenvalue weighted by molar-refractivity contribution is 0.391. The van der Waals surface area contributed by atoms with Crippen molar-refractivity contribution in [2.45, 2.75) is 25.9 Å². The molecule has 0 bridgehead atoms. The van der Waals surface area contributed by atoms with Gasteiger partial charge in [-0.3, -0.25) is 4.68 Å². The molecule has 0 saturated carbocycles. The summed E-state index contributed by atoms with van der Waals surface area (Å²) in [6, 6.07) is 2.62. The van der Waals surface area contributed by atoms with E-state index >= 15 is 0 Å². The number of aryl methyl sites for hydroxylation is 1. The zero-order valence-corrected chi connectivity index (χ0v) is 10.3. The van der Waals surface area contributed by atoms with E-state index < -0.39 is 0 Å². The highest BCUT2D eigenvalue weighted by molar-refractivity contribution is 7.99. The maximum absolute atomic E-state index is 4.34.